The Hall–Kier alpha value is -5.66. The van der Waals surface area contributed by atoms with Crippen LogP contribution in [0.3, 0.4) is 0 Å². The van der Waals surface area contributed by atoms with E-state index in [1.165, 1.54) is 33.0 Å². The van der Waals surface area contributed by atoms with Crippen molar-refractivity contribution in [1.29, 1.82) is 0 Å². The van der Waals surface area contributed by atoms with Crippen molar-refractivity contribution in [3.63, 3.8) is 0 Å². The second kappa shape index (κ2) is 11.4. The normalized spacial score (nSPS) is 14.1. The van der Waals surface area contributed by atoms with E-state index in [2.05, 4.69) is 128 Å². The Morgan fingerprint density at radius 3 is 1.78 bits per heavy atom. The number of hydrogen-bond donors (Lipinski definition) is 0. The molecule has 0 unspecified atom stereocenters. The van der Waals surface area contributed by atoms with E-state index in [9.17, 15) is 0 Å². The quantitative estimate of drug-likeness (QED) is 0.174. The largest absolute Gasteiger partial charge is 0.310 e. The van der Waals surface area contributed by atoms with E-state index < -0.39 is 0 Å². The maximum absolute atomic E-state index is 8.94. The molecule has 0 fully saturated rings. The van der Waals surface area contributed by atoms with Gasteiger partial charge in [0, 0.05) is 22.5 Å². The number of fused-ring (bicyclic) bond motifs is 4. The fourth-order valence-electron chi connectivity index (χ4n) is 6.81. The zero-order valence-corrected chi connectivity index (χ0v) is 26.0. The molecule has 0 spiro atoms. The van der Waals surface area contributed by atoms with E-state index in [1.807, 2.05) is 54.6 Å². The first kappa shape index (κ1) is 25.6. The van der Waals surface area contributed by atoms with Crippen molar-refractivity contribution < 1.29 is 2.74 Å². The summed E-state index contributed by atoms with van der Waals surface area (Å²) in [5.41, 5.74) is 12.1. The maximum atomic E-state index is 8.94. The lowest BCUT2D eigenvalue weighted by Gasteiger charge is -2.26. The number of anilines is 3. The van der Waals surface area contributed by atoms with Crippen LogP contribution >= 0.6 is 0 Å². The molecule has 0 aromatic heterocycles. The summed E-state index contributed by atoms with van der Waals surface area (Å²) in [6, 6.07) is 57.1. The van der Waals surface area contributed by atoms with Crippen LogP contribution in [-0.4, -0.2) is 0 Å². The zero-order chi connectivity index (χ0) is 32.8. The molecule has 0 bridgehead atoms. The van der Waals surface area contributed by atoms with Crippen LogP contribution in [0.1, 0.15) is 38.8 Å². The molecule has 8 rings (SSSR count). The van der Waals surface area contributed by atoms with Crippen LogP contribution in [0.2, 0.25) is 0 Å². The molecular formula is C45H35N. The highest BCUT2D eigenvalue weighted by Crippen LogP contribution is 2.49. The molecule has 0 radical (unpaired) electrons. The molecule has 46 heavy (non-hydrogen) atoms. The maximum Gasteiger partial charge on any atom is 0.0629 e. The molecule has 1 nitrogen and oxygen atoms in total. The summed E-state index contributed by atoms with van der Waals surface area (Å²) in [6.45, 7) is 4.60. The van der Waals surface area contributed by atoms with Crippen LogP contribution in [0.25, 0.3) is 45.1 Å². The molecule has 1 aliphatic rings. The molecule has 0 N–H and O–H groups in total. The molecule has 0 saturated carbocycles. The SMILES string of the molecule is [2H]/C(=C(/[2H])c1ccc(N(c2ccccc2)c2ccc3ccccc3c2)cc1)c1ccc(-c2ccc3c(c2)C(C)(C)c2ccccc2-3)cc1. The molecule has 0 saturated heterocycles. The highest BCUT2D eigenvalue weighted by atomic mass is 15.1. The van der Waals surface area contributed by atoms with Gasteiger partial charge in [0.15, 0.2) is 0 Å². The summed E-state index contributed by atoms with van der Waals surface area (Å²) < 4.78 is 17.9. The molecule has 7 aromatic carbocycles. The summed E-state index contributed by atoms with van der Waals surface area (Å²) in [5.74, 6) is 0. The van der Waals surface area contributed by atoms with Crippen molar-refractivity contribution in [2.45, 2.75) is 19.3 Å². The molecule has 1 heteroatoms. The third-order valence-corrected chi connectivity index (χ3v) is 9.28. The molecular weight excluding hydrogens is 555 g/mol. The van der Waals surface area contributed by atoms with E-state index in [1.54, 1.807) is 0 Å². The van der Waals surface area contributed by atoms with Gasteiger partial charge >= 0.3 is 0 Å². The third-order valence-electron chi connectivity index (χ3n) is 9.28. The monoisotopic (exact) mass is 591 g/mol. The van der Waals surface area contributed by atoms with Crippen molar-refractivity contribution in [1.82, 2.24) is 0 Å². The number of para-hydroxylation sites is 1. The first-order chi connectivity index (χ1) is 23.4. The average molecular weight is 592 g/mol. The third kappa shape index (κ3) is 5.01. The summed E-state index contributed by atoms with van der Waals surface area (Å²) in [5, 5.41) is 2.38. The number of rotatable bonds is 6. The van der Waals surface area contributed by atoms with Crippen LogP contribution in [0, 0.1) is 0 Å². The van der Waals surface area contributed by atoms with Crippen molar-refractivity contribution in [3.05, 3.63) is 186 Å². The van der Waals surface area contributed by atoms with Gasteiger partial charge in [0.2, 0.25) is 0 Å². The van der Waals surface area contributed by atoms with Crippen molar-refractivity contribution >= 4 is 39.9 Å². The van der Waals surface area contributed by atoms with E-state index >= 15 is 0 Å². The highest BCUT2D eigenvalue weighted by molar-refractivity contribution is 5.89. The van der Waals surface area contributed by atoms with Crippen LogP contribution in [0.4, 0.5) is 17.1 Å². The van der Waals surface area contributed by atoms with Gasteiger partial charge in [0.25, 0.3) is 0 Å². The molecule has 7 aromatic rings. The second-order valence-electron chi connectivity index (χ2n) is 12.5. The van der Waals surface area contributed by atoms with Crippen LogP contribution < -0.4 is 4.90 Å². The first-order valence-electron chi connectivity index (χ1n) is 16.9. The molecule has 0 atom stereocenters. The predicted molar refractivity (Wildman–Crippen MR) is 197 cm³/mol. The van der Waals surface area contributed by atoms with E-state index in [0.29, 0.717) is 5.56 Å². The highest BCUT2D eigenvalue weighted by Gasteiger charge is 2.35. The van der Waals surface area contributed by atoms with Gasteiger partial charge in [0.1, 0.15) is 0 Å². The van der Waals surface area contributed by atoms with Gasteiger partial charge in [-0.3, -0.25) is 0 Å². The van der Waals surface area contributed by atoms with Crippen LogP contribution in [0.5, 0.6) is 0 Å². The minimum atomic E-state index is -0.0533. The lowest BCUT2D eigenvalue weighted by atomic mass is 9.81. The standard InChI is InChI=1S/C45H35N/c1-45(2)43-15-9-8-14-41(43)42-29-25-37(31-44(42)45)35-22-18-32(19-23-35)16-17-33-20-26-39(27-21-33)46(38-12-4-3-5-13-38)40-28-24-34-10-6-7-11-36(34)30-40/h3-31H,1-2H3/b17-16+/i16D,17D. The number of nitrogens with zero attached hydrogens (tertiary/aromatic N) is 1. The van der Waals surface area contributed by atoms with E-state index in [-0.39, 0.29) is 17.5 Å². The Bertz CT molecular complexity index is 2320. The average Bonchev–Trinajstić information content (AvgIpc) is 3.37. The van der Waals surface area contributed by atoms with Crippen molar-refractivity contribution in [2.75, 3.05) is 4.90 Å². The fourth-order valence-corrected chi connectivity index (χ4v) is 6.81. The number of hydrogen-bond acceptors (Lipinski definition) is 1. The zero-order valence-electron chi connectivity index (χ0n) is 28.0. The predicted octanol–water partition coefficient (Wildman–Crippen LogP) is 12.5. The minimum absolute atomic E-state index is 0.0533. The Morgan fingerprint density at radius 2 is 1.02 bits per heavy atom. The lowest BCUT2D eigenvalue weighted by molar-refractivity contribution is 0.660. The minimum Gasteiger partial charge on any atom is -0.310 e. The van der Waals surface area contributed by atoms with Crippen LogP contribution in [0.15, 0.2) is 164 Å². The smallest absolute Gasteiger partial charge is 0.0629 e. The second-order valence-corrected chi connectivity index (χ2v) is 12.5. The summed E-state index contributed by atoms with van der Waals surface area (Å²) in [7, 11) is 0. The molecule has 1 aliphatic carbocycles. The molecule has 0 heterocycles. The summed E-state index contributed by atoms with van der Waals surface area (Å²) in [6.07, 6.45) is 0. The Balaban J connectivity index is 1.07. The number of benzene rings is 7. The molecule has 0 aliphatic heterocycles. The van der Waals surface area contributed by atoms with E-state index in [4.69, 9.17) is 2.74 Å². The van der Waals surface area contributed by atoms with Crippen molar-refractivity contribution in [2.24, 2.45) is 0 Å². The Labute approximate surface area is 274 Å². The Morgan fingerprint density at radius 1 is 0.457 bits per heavy atom. The van der Waals surface area contributed by atoms with Gasteiger partial charge in [0.05, 0.1) is 2.74 Å². The van der Waals surface area contributed by atoms with Gasteiger partial charge in [-0.2, -0.15) is 0 Å². The van der Waals surface area contributed by atoms with Gasteiger partial charge < -0.3 is 4.90 Å². The summed E-state index contributed by atoms with van der Waals surface area (Å²) in [4.78, 5) is 2.22. The van der Waals surface area contributed by atoms with Gasteiger partial charge in [-0.1, -0.05) is 147 Å². The van der Waals surface area contributed by atoms with Gasteiger partial charge in [-0.25, -0.2) is 0 Å². The lowest BCUT2D eigenvalue weighted by Crippen LogP contribution is -2.14. The molecule has 0 amide bonds. The van der Waals surface area contributed by atoms with Gasteiger partial charge in [-0.15, -0.1) is 0 Å². The van der Waals surface area contributed by atoms with E-state index in [0.717, 1.165) is 33.8 Å². The van der Waals surface area contributed by atoms with Gasteiger partial charge in [-0.05, 0) is 97.7 Å². The van der Waals surface area contributed by atoms with Crippen LogP contribution in [-0.2, 0) is 5.41 Å². The Kier molecular flexibility index (Phi) is 6.33. The fraction of sp³-hybridized carbons (Fsp3) is 0.0667. The summed E-state index contributed by atoms with van der Waals surface area (Å²) >= 11 is 0. The first-order valence-corrected chi connectivity index (χ1v) is 15.9. The van der Waals surface area contributed by atoms with Crippen molar-refractivity contribution in [3.8, 4) is 22.3 Å². The topological polar surface area (TPSA) is 3.24 Å². The molecule has 220 valence electrons.